The molecule has 0 aliphatic carbocycles. The fourth-order valence-corrected chi connectivity index (χ4v) is 5.43. The minimum atomic E-state index is -3.54. The van der Waals surface area contributed by atoms with Crippen molar-refractivity contribution in [2.24, 2.45) is 0 Å². The highest BCUT2D eigenvalue weighted by molar-refractivity contribution is 7.90. The van der Waals surface area contributed by atoms with E-state index in [2.05, 4.69) is 25.0 Å². The molecule has 5 rings (SSSR count). The number of ether oxygens (including phenoxy) is 2. The number of hydrogen-bond acceptors (Lipinski definition) is 10. The number of halogens is 1. The van der Waals surface area contributed by atoms with Crippen molar-refractivity contribution in [2.75, 3.05) is 24.4 Å². The van der Waals surface area contributed by atoms with E-state index in [1.165, 1.54) is 18.5 Å². The molecule has 2 atom stereocenters. The summed E-state index contributed by atoms with van der Waals surface area (Å²) in [6.07, 6.45) is 3.93. The summed E-state index contributed by atoms with van der Waals surface area (Å²) >= 11 is 0. The molecule has 192 valence electrons. The molecule has 2 aromatic heterocycles. The fraction of sp³-hybridized carbons (Fsp3) is 0.500. The predicted molar refractivity (Wildman–Crippen MR) is 128 cm³/mol. The van der Waals surface area contributed by atoms with Crippen LogP contribution in [-0.4, -0.2) is 60.1 Å². The average Bonchev–Trinajstić information content (AvgIpc) is 3.31. The second kappa shape index (κ2) is 9.40. The van der Waals surface area contributed by atoms with Crippen LogP contribution < -0.4 is 9.64 Å². The topological polar surface area (TPSA) is 121 Å². The van der Waals surface area contributed by atoms with Crippen LogP contribution in [0.25, 0.3) is 0 Å². The standard InChI is InChI=1S/C24H28FN5O5S/c1-13(2)21-28-24(35-29-21)15-7-16-10-33-11-17(8-15)30(16)22-14(3)23(27-12-26-22)34-20-6-5-18(9-19(20)25)36(4,31)32/h5-6,9,12-13,15-17H,7-8,10-11H2,1-4H3. The van der Waals surface area contributed by atoms with E-state index in [0.29, 0.717) is 36.3 Å². The van der Waals surface area contributed by atoms with Crippen molar-refractivity contribution < 1.29 is 26.8 Å². The summed E-state index contributed by atoms with van der Waals surface area (Å²) in [7, 11) is -3.54. The van der Waals surface area contributed by atoms with Crippen molar-refractivity contribution in [1.29, 1.82) is 0 Å². The Hall–Kier alpha value is -3.12. The second-order valence-electron chi connectivity index (χ2n) is 9.66. The number of morpholine rings is 1. The Morgan fingerprint density at radius 1 is 1.17 bits per heavy atom. The van der Waals surface area contributed by atoms with E-state index in [1.807, 2.05) is 20.8 Å². The maximum atomic E-state index is 14.6. The van der Waals surface area contributed by atoms with Gasteiger partial charge in [-0.05, 0) is 38.0 Å². The van der Waals surface area contributed by atoms with Gasteiger partial charge in [0.1, 0.15) is 12.1 Å². The fourth-order valence-electron chi connectivity index (χ4n) is 4.80. The molecule has 2 bridgehead atoms. The Kier molecular flexibility index (Phi) is 6.41. The van der Waals surface area contributed by atoms with Crippen molar-refractivity contribution in [3.05, 3.63) is 47.6 Å². The molecular weight excluding hydrogens is 489 g/mol. The van der Waals surface area contributed by atoms with Crippen molar-refractivity contribution in [3.8, 4) is 11.6 Å². The van der Waals surface area contributed by atoms with Crippen LogP contribution in [0.3, 0.4) is 0 Å². The number of fused-ring (bicyclic) bond motifs is 2. The van der Waals surface area contributed by atoms with Gasteiger partial charge in [-0.3, -0.25) is 0 Å². The molecule has 2 unspecified atom stereocenters. The van der Waals surface area contributed by atoms with Crippen LogP contribution in [0, 0.1) is 12.7 Å². The predicted octanol–water partition coefficient (Wildman–Crippen LogP) is 3.78. The molecule has 2 fully saturated rings. The highest BCUT2D eigenvalue weighted by Gasteiger charge is 2.43. The van der Waals surface area contributed by atoms with Gasteiger partial charge < -0.3 is 18.9 Å². The van der Waals surface area contributed by atoms with Gasteiger partial charge in [0.05, 0.1) is 35.8 Å². The molecule has 12 heteroatoms. The molecule has 10 nitrogen and oxygen atoms in total. The first-order valence-electron chi connectivity index (χ1n) is 11.8. The SMILES string of the molecule is Cc1c(Oc2ccc(S(C)(=O)=O)cc2F)ncnc1N1C2COCC1CC(c1nc(C(C)C)no1)C2. The summed E-state index contributed by atoms with van der Waals surface area (Å²) in [5, 5.41) is 4.12. The summed E-state index contributed by atoms with van der Waals surface area (Å²) in [5.41, 5.74) is 0.652. The first-order valence-corrected chi connectivity index (χ1v) is 13.7. The van der Waals surface area contributed by atoms with Gasteiger partial charge in [0.25, 0.3) is 0 Å². The zero-order chi connectivity index (χ0) is 25.6. The lowest BCUT2D eigenvalue weighted by atomic mass is 9.84. The molecule has 2 aliphatic heterocycles. The number of benzene rings is 1. The number of aromatic nitrogens is 4. The first kappa shape index (κ1) is 24.6. The van der Waals surface area contributed by atoms with E-state index < -0.39 is 15.7 Å². The molecule has 1 aromatic carbocycles. The van der Waals surface area contributed by atoms with Gasteiger partial charge in [-0.2, -0.15) is 4.98 Å². The Labute approximate surface area is 208 Å². The van der Waals surface area contributed by atoms with E-state index in [0.717, 1.165) is 25.2 Å². The molecule has 2 aliphatic rings. The molecule has 2 saturated heterocycles. The van der Waals surface area contributed by atoms with E-state index >= 15 is 0 Å². The van der Waals surface area contributed by atoms with Crippen LogP contribution in [0.4, 0.5) is 10.2 Å². The summed E-state index contributed by atoms with van der Waals surface area (Å²) < 4.78 is 55.2. The van der Waals surface area contributed by atoms with Crippen LogP contribution in [0.2, 0.25) is 0 Å². The number of piperidine rings is 1. The summed E-state index contributed by atoms with van der Waals surface area (Å²) in [6, 6.07) is 3.60. The van der Waals surface area contributed by atoms with Crippen molar-refractivity contribution in [3.63, 3.8) is 0 Å². The van der Waals surface area contributed by atoms with Gasteiger partial charge in [0.15, 0.2) is 27.2 Å². The van der Waals surface area contributed by atoms with Crippen LogP contribution in [0.15, 0.2) is 33.9 Å². The van der Waals surface area contributed by atoms with Crippen molar-refractivity contribution in [2.45, 2.75) is 62.4 Å². The lowest BCUT2D eigenvalue weighted by Crippen LogP contribution is -2.57. The minimum absolute atomic E-state index is 0.0316. The second-order valence-corrected chi connectivity index (χ2v) is 11.7. The zero-order valence-corrected chi connectivity index (χ0v) is 21.3. The van der Waals surface area contributed by atoms with E-state index in [1.54, 1.807) is 0 Å². The van der Waals surface area contributed by atoms with Crippen molar-refractivity contribution in [1.82, 2.24) is 20.1 Å². The lowest BCUT2D eigenvalue weighted by Gasteiger charge is -2.48. The first-order chi connectivity index (χ1) is 17.1. The van der Waals surface area contributed by atoms with Crippen LogP contribution in [0.5, 0.6) is 11.6 Å². The van der Waals surface area contributed by atoms with Gasteiger partial charge >= 0.3 is 0 Å². The van der Waals surface area contributed by atoms with Gasteiger partial charge in [-0.15, -0.1) is 0 Å². The number of rotatable bonds is 6. The Balaban J connectivity index is 1.40. The summed E-state index contributed by atoms with van der Waals surface area (Å²) in [4.78, 5) is 15.5. The van der Waals surface area contributed by atoms with Gasteiger partial charge in [0.2, 0.25) is 11.8 Å². The van der Waals surface area contributed by atoms with Crippen LogP contribution >= 0.6 is 0 Å². The quantitative estimate of drug-likeness (QED) is 0.478. The van der Waals surface area contributed by atoms with E-state index in [4.69, 9.17) is 14.0 Å². The van der Waals surface area contributed by atoms with E-state index in [9.17, 15) is 12.8 Å². The van der Waals surface area contributed by atoms with Gasteiger partial charge in [-0.25, -0.2) is 22.8 Å². The van der Waals surface area contributed by atoms with Gasteiger partial charge in [-0.1, -0.05) is 19.0 Å². The third-order valence-corrected chi connectivity index (χ3v) is 7.75. The minimum Gasteiger partial charge on any atom is -0.435 e. The summed E-state index contributed by atoms with van der Waals surface area (Å²) in [6.45, 7) is 6.94. The third kappa shape index (κ3) is 4.66. The van der Waals surface area contributed by atoms with Crippen LogP contribution in [0.1, 0.15) is 55.8 Å². The number of nitrogens with zero attached hydrogens (tertiary/aromatic N) is 5. The molecule has 36 heavy (non-hydrogen) atoms. The molecule has 0 radical (unpaired) electrons. The number of sulfone groups is 1. The highest BCUT2D eigenvalue weighted by Crippen LogP contribution is 2.41. The molecule has 4 heterocycles. The number of anilines is 1. The maximum Gasteiger partial charge on any atom is 0.229 e. The third-order valence-electron chi connectivity index (χ3n) is 6.64. The molecule has 0 amide bonds. The monoisotopic (exact) mass is 517 g/mol. The van der Waals surface area contributed by atoms with Crippen LogP contribution in [-0.2, 0) is 14.6 Å². The van der Waals surface area contributed by atoms with E-state index in [-0.39, 0.29) is 40.4 Å². The molecule has 0 saturated carbocycles. The molecule has 0 N–H and O–H groups in total. The largest absolute Gasteiger partial charge is 0.435 e. The number of hydrogen-bond donors (Lipinski definition) is 0. The average molecular weight is 518 g/mol. The Morgan fingerprint density at radius 3 is 2.50 bits per heavy atom. The van der Waals surface area contributed by atoms with Gasteiger partial charge in [0, 0.05) is 18.1 Å². The molecular formula is C24H28FN5O5S. The smallest absolute Gasteiger partial charge is 0.229 e. The molecule has 3 aromatic rings. The maximum absolute atomic E-state index is 14.6. The normalized spacial score (nSPS) is 22.2. The molecule has 0 spiro atoms. The Bertz CT molecular complexity index is 1360. The summed E-state index contributed by atoms with van der Waals surface area (Å²) in [5.74, 6) is 1.67. The van der Waals surface area contributed by atoms with Crippen molar-refractivity contribution >= 4 is 15.7 Å². The Morgan fingerprint density at radius 2 is 1.89 bits per heavy atom. The highest BCUT2D eigenvalue weighted by atomic mass is 32.2. The lowest BCUT2D eigenvalue weighted by molar-refractivity contribution is 0.0368. The zero-order valence-electron chi connectivity index (χ0n) is 20.5.